The average molecular weight is 312 g/mol. The zero-order valence-electron chi connectivity index (χ0n) is 11.8. The molecule has 0 fully saturated rings. The van der Waals surface area contributed by atoms with Gasteiger partial charge in [0.25, 0.3) is 5.69 Å². The van der Waals surface area contributed by atoms with E-state index < -0.39 is 16.8 Å². The first-order chi connectivity index (χ1) is 11.0. The van der Waals surface area contributed by atoms with Crippen molar-refractivity contribution in [2.24, 2.45) is 0 Å². The van der Waals surface area contributed by atoms with E-state index in [-0.39, 0.29) is 11.3 Å². The first-order valence-electron chi connectivity index (χ1n) is 6.52. The van der Waals surface area contributed by atoms with Crippen LogP contribution in [0.4, 0.5) is 11.4 Å². The molecule has 0 spiro atoms. The molecule has 2 rings (SSSR count). The van der Waals surface area contributed by atoms with Gasteiger partial charge < -0.3 is 10.4 Å². The molecule has 0 aliphatic carbocycles. The first kappa shape index (κ1) is 15.9. The maximum atomic E-state index is 11.8. The molecule has 0 unspecified atom stereocenters. The van der Waals surface area contributed by atoms with E-state index in [1.165, 1.54) is 48.6 Å². The molecule has 23 heavy (non-hydrogen) atoms. The Morgan fingerprint density at radius 1 is 1.13 bits per heavy atom. The van der Waals surface area contributed by atoms with Crippen LogP contribution in [0.15, 0.2) is 54.6 Å². The number of carbonyl (C=O) groups is 2. The van der Waals surface area contributed by atoms with Gasteiger partial charge in [0.05, 0.1) is 10.5 Å². The second-order valence-electron chi connectivity index (χ2n) is 4.56. The van der Waals surface area contributed by atoms with Crippen molar-refractivity contribution < 1.29 is 19.6 Å². The van der Waals surface area contributed by atoms with Gasteiger partial charge >= 0.3 is 5.97 Å². The topological polar surface area (TPSA) is 110 Å². The number of nitro groups is 1. The number of hydrogen-bond donors (Lipinski definition) is 2. The van der Waals surface area contributed by atoms with Crippen molar-refractivity contribution in [2.75, 3.05) is 5.32 Å². The van der Waals surface area contributed by atoms with E-state index in [9.17, 15) is 19.7 Å². The fraction of sp³-hybridized carbons (Fsp3) is 0. The van der Waals surface area contributed by atoms with E-state index in [0.29, 0.717) is 11.3 Å². The molecule has 0 atom stereocenters. The van der Waals surface area contributed by atoms with Crippen LogP contribution in [0.1, 0.15) is 15.9 Å². The molecule has 2 aromatic rings. The molecule has 0 saturated carbocycles. The van der Waals surface area contributed by atoms with Gasteiger partial charge in [-0.3, -0.25) is 14.9 Å². The SMILES string of the molecule is O=C(C=Cc1cccc([N+](=O)[O-])c1)Nc1cccc(C(=O)O)c1. The van der Waals surface area contributed by atoms with Crippen molar-refractivity contribution in [3.8, 4) is 0 Å². The molecule has 2 N–H and O–H groups in total. The van der Waals surface area contributed by atoms with Gasteiger partial charge in [-0.15, -0.1) is 0 Å². The Kier molecular flexibility index (Phi) is 4.83. The molecule has 0 aromatic heterocycles. The third-order valence-electron chi connectivity index (χ3n) is 2.89. The summed E-state index contributed by atoms with van der Waals surface area (Å²) in [6, 6.07) is 11.7. The average Bonchev–Trinajstić information content (AvgIpc) is 2.53. The van der Waals surface area contributed by atoms with Crippen LogP contribution in [-0.4, -0.2) is 21.9 Å². The molecular weight excluding hydrogens is 300 g/mol. The third kappa shape index (κ3) is 4.50. The van der Waals surface area contributed by atoms with Gasteiger partial charge in [0, 0.05) is 23.9 Å². The summed E-state index contributed by atoms with van der Waals surface area (Å²) in [5, 5.41) is 22.1. The fourth-order valence-corrected chi connectivity index (χ4v) is 1.83. The fourth-order valence-electron chi connectivity index (χ4n) is 1.83. The number of amides is 1. The molecule has 0 radical (unpaired) electrons. The Balaban J connectivity index is 2.07. The van der Waals surface area contributed by atoms with Gasteiger partial charge in [-0.25, -0.2) is 4.79 Å². The number of nitrogens with zero attached hydrogens (tertiary/aromatic N) is 1. The molecule has 0 aliphatic rings. The summed E-state index contributed by atoms with van der Waals surface area (Å²) < 4.78 is 0. The smallest absolute Gasteiger partial charge is 0.335 e. The van der Waals surface area contributed by atoms with Gasteiger partial charge in [0.15, 0.2) is 0 Å². The van der Waals surface area contributed by atoms with E-state index in [1.807, 2.05) is 0 Å². The molecular formula is C16H12N2O5. The molecule has 2 aromatic carbocycles. The highest BCUT2D eigenvalue weighted by molar-refractivity contribution is 6.02. The summed E-state index contributed by atoms with van der Waals surface area (Å²) in [5.74, 6) is -1.56. The van der Waals surface area contributed by atoms with E-state index in [1.54, 1.807) is 12.1 Å². The number of benzene rings is 2. The van der Waals surface area contributed by atoms with Gasteiger partial charge in [-0.2, -0.15) is 0 Å². The Morgan fingerprint density at radius 3 is 2.57 bits per heavy atom. The van der Waals surface area contributed by atoms with Crippen LogP contribution >= 0.6 is 0 Å². The second-order valence-corrected chi connectivity index (χ2v) is 4.56. The van der Waals surface area contributed by atoms with Crippen molar-refractivity contribution >= 4 is 29.3 Å². The number of nitrogens with one attached hydrogen (secondary N) is 1. The van der Waals surface area contributed by atoms with Gasteiger partial charge in [0.1, 0.15) is 0 Å². The largest absolute Gasteiger partial charge is 0.478 e. The minimum absolute atomic E-state index is 0.0606. The summed E-state index contributed by atoms with van der Waals surface area (Å²) in [7, 11) is 0. The monoisotopic (exact) mass is 312 g/mol. The van der Waals surface area contributed by atoms with Gasteiger partial charge in [0.2, 0.25) is 5.91 Å². The Hall–Kier alpha value is -3.48. The van der Waals surface area contributed by atoms with Gasteiger partial charge in [-0.05, 0) is 29.8 Å². The maximum Gasteiger partial charge on any atom is 0.335 e. The normalized spacial score (nSPS) is 10.4. The number of anilines is 1. The summed E-state index contributed by atoms with van der Waals surface area (Å²) in [6.45, 7) is 0. The van der Waals surface area contributed by atoms with Crippen molar-refractivity contribution in [1.29, 1.82) is 0 Å². The molecule has 0 aliphatic heterocycles. The lowest BCUT2D eigenvalue weighted by Crippen LogP contribution is -2.08. The van der Waals surface area contributed by atoms with E-state index in [4.69, 9.17) is 5.11 Å². The van der Waals surface area contributed by atoms with Crippen LogP contribution in [0.25, 0.3) is 6.08 Å². The number of carboxylic acids is 1. The second kappa shape index (κ2) is 6.99. The van der Waals surface area contributed by atoms with Crippen LogP contribution in [0, 0.1) is 10.1 Å². The molecule has 7 nitrogen and oxygen atoms in total. The zero-order chi connectivity index (χ0) is 16.8. The number of carboxylic acid groups (broad SMARTS) is 1. The molecule has 0 heterocycles. The Bertz CT molecular complexity index is 799. The lowest BCUT2D eigenvalue weighted by molar-refractivity contribution is -0.384. The molecule has 0 saturated heterocycles. The number of rotatable bonds is 5. The summed E-state index contributed by atoms with van der Waals surface area (Å²) in [5.41, 5.74) is 0.847. The molecule has 1 amide bonds. The lowest BCUT2D eigenvalue weighted by Gasteiger charge is -2.03. The first-order valence-corrected chi connectivity index (χ1v) is 6.52. The Labute approximate surface area is 131 Å². The molecule has 0 bridgehead atoms. The highest BCUT2D eigenvalue weighted by Gasteiger charge is 2.06. The number of non-ortho nitro benzene ring substituents is 1. The van der Waals surface area contributed by atoms with E-state index >= 15 is 0 Å². The van der Waals surface area contributed by atoms with Crippen LogP contribution < -0.4 is 5.32 Å². The van der Waals surface area contributed by atoms with Crippen LogP contribution in [-0.2, 0) is 4.79 Å². The van der Waals surface area contributed by atoms with Gasteiger partial charge in [-0.1, -0.05) is 18.2 Å². The third-order valence-corrected chi connectivity index (χ3v) is 2.89. The van der Waals surface area contributed by atoms with Crippen LogP contribution in [0.2, 0.25) is 0 Å². The predicted molar refractivity (Wildman–Crippen MR) is 84.2 cm³/mol. The molecule has 7 heteroatoms. The summed E-state index contributed by atoms with van der Waals surface area (Å²) in [4.78, 5) is 32.8. The van der Waals surface area contributed by atoms with Crippen LogP contribution in [0.3, 0.4) is 0 Å². The standard InChI is InChI=1S/C16H12N2O5/c19-15(17-13-5-2-4-12(10-13)16(20)21)8-7-11-3-1-6-14(9-11)18(22)23/h1-10H,(H,17,19)(H,20,21). The van der Waals surface area contributed by atoms with Crippen molar-refractivity contribution in [2.45, 2.75) is 0 Å². The maximum absolute atomic E-state index is 11.8. The number of nitro benzene ring substituents is 1. The van der Waals surface area contributed by atoms with E-state index in [2.05, 4.69) is 5.32 Å². The minimum atomic E-state index is -1.09. The van der Waals surface area contributed by atoms with Crippen molar-refractivity contribution in [3.05, 3.63) is 75.8 Å². The summed E-state index contributed by atoms with van der Waals surface area (Å²) >= 11 is 0. The predicted octanol–water partition coefficient (Wildman–Crippen LogP) is 2.94. The highest BCUT2D eigenvalue weighted by Crippen LogP contribution is 2.14. The minimum Gasteiger partial charge on any atom is -0.478 e. The van der Waals surface area contributed by atoms with E-state index in [0.717, 1.165) is 0 Å². The highest BCUT2D eigenvalue weighted by atomic mass is 16.6. The van der Waals surface area contributed by atoms with Crippen molar-refractivity contribution in [3.63, 3.8) is 0 Å². The number of carbonyl (C=O) groups excluding carboxylic acids is 1. The zero-order valence-corrected chi connectivity index (χ0v) is 11.8. The summed E-state index contributed by atoms with van der Waals surface area (Å²) in [6.07, 6.45) is 2.65. The number of aromatic carboxylic acids is 1. The number of hydrogen-bond acceptors (Lipinski definition) is 4. The van der Waals surface area contributed by atoms with Crippen molar-refractivity contribution in [1.82, 2.24) is 0 Å². The Morgan fingerprint density at radius 2 is 1.87 bits per heavy atom. The molecule has 116 valence electrons. The quantitative estimate of drug-likeness (QED) is 0.501. The lowest BCUT2D eigenvalue weighted by atomic mass is 10.2. The van der Waals surface area contributed by atoms with Crippen LogP contribution in [0.5, 0.6) is 0 Å².